The molecule has 0 bridgehead atoms. The molecule has 1 N–H and O–H groups in total. The zero-order valence-corrected chi connectivity index (χ0v) is 13.4. The van der Waals surface area contributed by atoms with Gasteiger partial charge in [0.2, 0.25) is 0 Å². The van der Waals surface area contributed by atoms with Crippen LogP contribution in [-0.2, 0) is 6.42 Å². The molecular formula is C18H25NS. The highest BCUT2D eigenvalue weighted by Gasteiger charge is 2.36. The van der Waals surface area contributed by atoms with Gasteiger partial charge in [-0.1, -0.05) is 44.9 Å². The van der Waals surface area contributed by atoms with E-state index in [1.807, 2.05) is 11.3 Å². The summed E-state index contributed by atoms with van der Waals surface area (Å²) in [6.07, 6.45) is 6.75. The summed E-state index contributed by atoms with van der Waals surface area (Å²) in [6.45, 7) is 5.79. The van der Waals surface area contributed by atoms with Crippen LogP contribution in [0.4, 0.5) is 0 Å². The van der Waals surface area contributed by atoms with Gasteiger partial charge in [0.25, 0.3) is 0 Å². The second-order valence-electron chi connectivity index (χ2n) is 6.43. The minimum Gasteiger partial charge on any atom is -0.313 e. The van der Waals surface area contributed by atoms with E-state index in [9.17, 15) is 0 Å². The van der Waals surface area contributed by atoms with Crippen molar-refractivity contribution in [1.82, 2.24) is 5.32 Å². The first kappa shape index (κ1) is 14.1. The van der Waals surface area contributed by atoms with Crippen LogP contribution in [0.1, 0.15) is 45.1 Å². The summed E-state index contributed by atoms with van der Waals surface area (Å²) in [5.41, 5.74) is 2.02. The molecule has 1 saturated carbocycles. The van der Waals surface area contributed by atoms with Crippen LogP contribution in [0.25, 0.3) is 10.1 Å². The standard InChI is InChI=1S/C18H25NS/c1-3-19-17(18(2)10-6-7-11-18)12-14-13-20-16-9-5-4-8-15(14)16/h4-5,8-9,13,17,19H,3,6-7,10-12H2,1-2H3. The Labute approximate surface area is 126 Å². The lowest BCUT2D eigenvalue weighted by atomic mass is 9.78. The van der Waals surface area contributed by atoms with Crippen molar-refractivity contribution in [2.45, 2.75) is 52.0 Å². The fourth-order valence-corrected chi connectivity index (χ4v) is 4.73. The molecule has 0 amide bonds. The van der Waals surface area contributed by atoms with Crippen molar-refractivity contribution in [1.29, 1.82) is 0 Å². The zero-order valence-electron chi connectivity index (χ0n) is 12.6. The van der Waals surface area contributed by atoms with Crippen LogP contribution in [0.2, 0.25) is 0 Å². The molecular weight excluding hydrogens is 262 g/mol. The number of hydrogen-bond acceptors (Lipinski definition) is 2. The van der Waals surface area contributed by atoms with E-state index in [4.69, 9.17) is 0 Å². The molecule has 1 aromatic carbocycles. The summed E-state index contributed by atoms with van der Waals surface area (Å²) in [4.78, 5) is 0. The number of rotatable bonds is 5. The van der Waals surface area contributed by atoms with Gasteiger partial charge in [-0.3, -0.25) is 0 Å². The molecule has 1 atom stereocenters. The number of fused-ring (bicyclic) bond motifs is 1. The van der Waals surface area contributed by atoms with Gasteiger partial charge in [0.05, 0.1) is 0 Å². The van der Waals surface area contributed by atoms with E-state index in [1.165, 1.54) is 47.8 Å². The number of benzene rings is 1. The lowest BCUT2D eigenvalue weighted by Gasteiger charge is -2.35. The van der Waals surface area contributed by atoms with E-state index in [2.05, 4.69) is 48.8 Å². The Balaban J connectivity index is 1.86. The average molecular weight is 287 g/mol. The fraction of sp³-hybridized carbons (Fsp3) is 0.556. The second kappa shape index (κ2) is 5.87. The summed E-state index contributed by atoms with van der Waals surface area (Å²) in [5, 5.41) is 7.60. The largest absolute Gasteiger partial charge is 0.313 e. The maximum Gasteiger partial charge on any atom is 0.0345 e. The highest BCUT2D eigenvalue weighted by Crippen LogP contribution is 2.42. The monoisotopic (exact) mass is 287 g/mol. The summed E-state index contributed by atoms with van der Waals surface area (Å²) in [5.74, 6) is 0. The van der Waals surface area contributed by atoms with Crippen molar-refractivity contribution >= 4 is 21.4 Å². The van der Waals surface area contributed by atoms with Gasteiger partial charge in [-0.25, -0.2) is 0 Å². The first-order valence-electron chi connectivity index (χ1n) is 7.91. The molecule has 2 heteroatoms. The summed E-state index contributed by atoms with van der Waals surface area (Å²) in [6, 6.07) is 9.44. The van der Waals surface area contributed by atoms with E-state index in [-0.39, 0.29) is 0 Å². The Morgan fingerprint density at radius 2 is 2.00 bits per heavy atom. The predicted octanol–water partition coefficient (Wildman–Crippen LogP) is 5.00. The molecule has 0 spiro atoms. The number of nitrogens with one attached hydrogen (secondary N) is 1. The van der Waals surface area contributed by atoms with Gasteiger partial charge in [0, 0.05) is 10.7 Å². The van der Waals surface area contributed by atoms with Crippen molar-refractivity contribution < 1.29 is 0 Å². The van der Waals surface area contributed by atoms with Gasteiger partial charge in [-0.15, -0.1) is 11.3 Å². The summed E-state index contributed by atoms with van der Waals surface area (Å²) >= 11 is 1.89. The molecule has 0 radical (unpaired) electrons. The SMILES string of the molecule is CCNC(Cc1csc2ccccc12)C1(C)CCCC1. The molecule has 2 aromatic rings. The molecule has 1 aromatic heterocycles. The van der Waals surface area contributed by atoms with Crippen molar-refractivity contribution in [2.75, 3.05) is 6.54 Å². The molecule has 1 aliphatic rings. The van der Waals surface area contributed by atoms with Gasteiger partial charge in [-0.05, 0) is 53.6 Å². The third-order valence-corrected chi connectivity index (χ3v) is 6.04. The molecule has 3 rings (SSSR count). The van der Waals surface area contributed by atoms with Gasteiger partial charge < -0.3 is 5.32 Å². The lowest BCUT2D eigenvalue weighted by Crippen LogP contribution is -2.43. The number of likely N-dealkylation sites (N-methyl/N-ethyl adjacent to an activating group) is 1. The average Bonchev–Trinajstić information content (AvgIpc) is 3.06. The smallest absolute Gasteiger partial charge is 0.0345 e. The van der Waals surface area contributed by atoms with E-state index in [1.54, 1.807) is 0 Å². The van der Waals surface area contributed by atoms with Crippen LogP contribution >= 0.6 is 11.3 Å². The normalized spacial score (nSPS) is 19.5. The maximum atomic E-state index is 3.77. The second-order valence-corrected chi connectivity index (χ2v) is 7.34. The first-order chi connectivity index (χ1) is 9.73. The summed E-state index contributed by atoms with van der Waals surface area (Å²) < 4.78 is 1.43. The van der Waals surface area contributed by atoms with Crippen molar-refractivity contribution in [3.05, 3.63) is 35.2 Å². The minimum absolute atomic E-state index is 0.485. The van der Waals surface area contributed by atoms with Crippen molar-refractivity contribution in [2.24, 2.45) is 5.41 Å². The van der Waals surface area contributed by atoms with Crippen molar-refractivity contribution in [3.8, 4) is 0 Å². The molecule has 1 heterocycles. The van der Waals surface area contributed by atoms with Gasteiger partial charge >= 0.3 is 0 Å². The van der Waals surface area contributed by atoms with Crippen LogP contribution in [0, 0.1) is 5.41 Å². The van der Waals surface area contributed by atoms with Crippen molar-refractivity contribution in [3.63, 3.8) is 0 Å². The number of hydrogen-bond donors (Lipinski definition) is 1. The Hall–Kier alpha value is -0.860. The molecule has 1 fully saturated rings. The fourth-order valence-electron chi connectivity index (χ4n) is 3.75. The van der Waals surface area contributed by atoms with Gasteiger partial charge in [0.15, 0.2) is 0 Å². The highest BCUT2D eigenvalue weighted by atomic mass is 32.1. The molecule has 0 aliphatic heterocycles. The van der Waals surface area contributed by atoms with Gasteiger partial charge in [-0.2, -0.15) is 0 Å². The van der Waals surface area contributed by atoms with Crippen LogP contribution < -0.4 is 5.32 Å². The molecule has 0 saturated heterocycles. The van der Waals surface area contributed by atoms with E-state index in [0.29, 0.717) is 11.5 Å². The minimum atomic E-state index is 0.485. The quantitative estimate of drug-likeness (QED) is 0.816. The van der Waals surface area contributed by atoms with Crippen LogP contribution in [0.15, 0.2) is 29.6 Å². The zero-order chi connectivity index (χ0) is 14.0. The predicted molar refractivity (Wildman–Crippen MR) is 89.6 cm³/mol. The lowest BCUT2D eigenvalue weighted by molar-refractivity contribution is 0.222. The molecule has 1 nitrogen and oxygen atoms in total. The maximum absolute atomic E-state index is 3.77. The Bertz CT molecular complexity index is 566. The Morgan fingerprint density at radius 1 is 1.25 bits per heavy atom. The summed E-state index contributed by atoms with van der Waals surface area (Å²) in [7, 11) is 0. The van der Waals surface area contributed by atoms with Crippen LogP contribution in [0.3, 0.4) is 0 Å². The topological polar surface area (TPSA) is 12.0 Å². The molecule has 1 aliphatic carbocycles. The van der Waals surface area contributed by atoms with Gasteiger partial charge in [0.1, 0.15) is 0 Å². The molecule has 108 valence electrons. The Kier molecular flexibility index (Phi) is 4.13. The highest BCUT2D eigenvalue weighted by molar-refractivity contribution is 7.17. The Morgan fingerprint density at radius 3 is 2.75 bits per heavy atom. The van der Waals surface area contributed by atoms with E-state index >= 15 is 0 Å². The first-order valence-corrected chi connectivity index (χ1v) is 8.79. The third kappa shape index (κ3) is 2.64. The van der Waals surface area contributed by atoms with E-state index < -0.39 is 0 Å². The van der Waals surface area contributed by atoms with Crippen LogP contribution in [0.5, 0.6) is 0 Å². The van der Waals surface area contributed by atoms with Crippen LogP contribution in [-0.4, -0.2) is 12.6 Å². The third-order valence-electron chi connectivity index (χ3n) is 5.02. The van der Waals surface area contributed by atoms with E-state index in [0.717, 1.165) is 6.54 Å². The number of thiophene rings is 1. The molecule has 20 heavy (non-hydrogen) atoms. The molecule has 1 unspecified atom stereocenters.